The van der Waals surface area contributed by atoms with Crippen LogP contribution in [0.15, 0.2) is 30.3 Å². The van der Waals surface area contributed by atoms with Gasteiger partial charge in [0.15, 0.2) is 0 Å². The first-order valence-corrected chi connectivity index (χ1v) is 5.80. The Bertz CT molecular complexity index is 327. The second-order valence-corrected chi connectivity index (χ2v) is 3.68. The molecule has 1 aromatic carbocycles. The van der Waals surface area contributed by atoms with Crippen molar-refractivity contribution in [1.82, 2.24) is 5.32 Å². The number of ether oxygens (including phenoxy) is 1. The summed E-state index contributed by atoms with van der Waals surface area (Å²) in [6.07, 6.45) is 0.502. The van der Waals surface area contributed by atoms with E-state index in [9.17, 15) is 4.79 Å². The Labute approximate surface area is 102 Å². The number of carbonyl (C=O) groups excluding carboxylic acids is 1. The molecule has 0 aliphatic heterocycles. The molecule has 0 saturated heterocycles. The van der Waals surface area contributed by atoms with Gasteiger partial charge in [0.05, 0.1) is 6.04 Å². The number of amides is 1. The van der Waals surface area contributed by atoms with Crippen molar-refractivity contribution in [2.75, 3.05) is 19.8 Å². The third-order valence-electron chi connectivity index (χ3n) is 2.39. The van der Waals surface area contributed by atoms with Crippen LogP contribution in [0.3, 0.4) is 0 Å². The summed E-state index contributed by atoms with van der Waals surface area (Å²) in [4.78, 5) is 11.5. The summed E-state index contributed by atoms with van der Waals surface area (Å²) in [6.45, 7) is 2.46. The van der Waals surface area contributed by atoms with Gasteiger partial charge in [-0.15, -0.1) is 0 Å². The normalized spacial score (nSPS) is 12.1. The lowest BCUT2D eigenvalue weighted by Crippen LogP contribution is -2.32. The zero-order valence-corrected chi connectivity index (χ0v) is 10.1. The van der Waals surface area contributed by atoms with Crippen LogP contribution in [0, 0.1) is 0 Å². The fraction of sp³-hybridized carbons (Fsp3) is 0.462. The molecule has 1 rings (SSSR count). The van der Waals surface area contributed by atoms with Crippen molar-refractivity contribution in [3.05, 3.63) is 35.9 Å². The van der Waals surface area contributed by atoms with E-state index in [2.05, 4.69) is 5.32 Å². The summed E-state index contributed by atoms with van der Waals surface area (Å²) in [5.74, 6) is -0.158. The van der Waals surface area contributed by atoms with Crippen molar-refractivity contribution in [1.29, 1.82) is 0 Å². The molecule has 0 fully saturated rings. The van der Waals surface area contributed by atoms with Crippen molar-refractivity contribution < 1.29 is 14.6 Å². The van der Waals surface area contributed by atoms with Gasteiger partial charge in [-0.3, -0.25) is 4.79 Å². The summed E-state index contributed by atoms with van der Waals surface area (Å²) in [6, 6.07) is 9.45. The van der Waals surface area contributed by atoms with Gasteiger partial charge in [0.1, 0.15) is 6.61 Å². The highest BCUT2D eigenvalue weighted by atomic mass is 16.5. The number of hydrogen-bond acceptors (Lipinski definition) is 3. The van der Waals surface area contributed by atoms with Crippen LogP contribution >= 0.6 is 0 Å². The first kappa shape index (κ1) is 13.7. The Morgan fingerprint density at radius 1 is 1.41 bits per heavy atom. The van der Waals surface area contributed by atoms with Crippen molar-refractivity contribution in [2.45, 2.75) is 19.4 Å². The molecule has 0 bridgehead atoms. The van der Waals surface area contributed by atoms with Crippen LogP contribution in [-0.2, 0) is 9.53 Å². The fourth-order valence-corrected chi connectivity index (χ4v) is 1.57. The van der Waals surface area contributed by atoms with E-state index in [1.807, 2.05) is 37.3 Å². The molecule has 0 spiro atoms. The molecule has 1 amide bonds. The van der Waals surface area contributed by atoms with Gasteiger partial charge < -0.3 is 15.2 Å². The largest absolute Gasteiger partial charge is 0.396 e. The molecular formula is C13H19NO3. The van der Waals surface area contributed by atoms with Gasteiger partial charge in [-0.1, -0.05) is 30.3 Å². The van der Waals surface area contributed by atoms with Crippen LogP contribution in [-0.4, -0.2) is 30.8 Å². The molecule has 0 saturated carbocycles. The molecule has 0 aliphatic carbocycles. The van der Waals surface area contributed by atoms with Gasteiger partial charge in [0, 0.05) is 13.2 Å². The Morgan fingerprint density at radius 3 is 2.71 bits per heavy atom. The Kier molecular flexibility index (Phi) is 6.29. The number of hydrogen-bond donors (Lipinski definition) is 2. The molecule has 2 N–H and O–H groups in total. The number of benzene rings is 1. The SMILES string of the molecule is CCOCC(=O)NC(CCO)c1ccccc1. The van der Waals surface area contributed by atoms with E-state index in [0.29, 0.717) is 13.0 Å². The maximum absolute atomic E-state index is 11.5. The molecule has 1 unspecified atom stereocenters. The van der Waals surface area contributed by atoms with E-state index in [0.717, 1.165) is 5.56 Å². The van der Waals surface area contributed by atoms with Crippen molar-refractivity contribution >= 4 is 5.91 Å². The average molecular weight is 237 g/mol. The van der Waals surface area contributed by atoms with Crippen LogP contribution in [0.25, 0.3) is 0 Å². The maximum atomic E-state index is 11.5. The van der Waals surface area contributed by atoms with Crippen molar-refractivity contribution in [3.8, 4) is 0 Å². The van der Waals surface area contributed by atoms with Crippen LogP contribution < -0.4 is 5.32 Å². The minimum Gasteiger partial charge on any atom is -0.396 e. The predicted octanol–water partition coefficient (Wildman–Crippen LogP) is 1.26. The third kappa shape index (κ3) is 4.97. The van der Waals surface area contributed by atoms with Crippen LogP contribution in [0.5, 0.6) is 0 Å². The van der Waals surface area contributed by atoms with E-state index >= 15 is 0 Å². The monoisotopic (exact) mass is 237 g/mol. The zero-order chi connectivity index (χ0) is 12.5. The fourth-order valence-electron chi connectivity index (χ4n) is 1.57. The van der Waals surface area contributed by atoms with E-state index in [1.54, 1.807) is 0 Å². The molecule has 4 nitrogen and oxygen atoms in total. The standard InChI is InChI=1S/C13H19NO3/c1-2-17-10-13(16)14-12(8-9-15)11-6-4-3-5-7-11/h3-7,12,15H,2,8-10H2,1H3,(H,14,16). The van der Waals surface area contributed by atoms with Gasteiger partial charge in [-0.2, -0.15) is 0 Å². The Morgan fingerprint density at radius 2 is 2.12 bits per heavy atom. The topological polar surface area (TPSA) is 58.6 Å². The number of aliphatic hydroxyl groups is 1. The van der Waals surface area contributed by atoms with E-state index in [1.165, 1.54) is 0 Å². The van der Waals surface area contributed by atoms with E-state index < -0.39 is 0 Å². The minimum atomic E-state index is -0.158. The Hall–Kier alpha value is -1.39. The average Bonchev–Trinajstić information content (AvgIpc) is 2.37. The lowest BCUT2D eigenvalue weighted by atomic mass is 10.0. The summed E-state index contributed by atoms with van der Waals surface area (Å²) < 4.78 is 5.04. The minimum absolute atomic E-state index is 0.0362. The number of nitrogens with one attached hydrogen (secondary N) is 1. The highest BCUT2D eigenvalue weighted by molar-refractivity contribution is 5.77. The molecule has 1 aromatic rings. The lowest BCUT2D eigenvalue weighted by molar-refractivity contribution is -0.126. The van der Waals surface area contributed by atoms with Gasteiger partial charge in [0.2, 0.25) is 5.91 Å². The Balaban J connectivity index is 2.57. The number of rotatable bonds is 7. The third-order valence-corrected chi connectivity index (χ3v) is 2.39. The molecular weight excluding hydrogens is 218 g/mol. The van der Waals surface area contributed by atoms with Crippen LogP contribution in [0.1, 0.15) is 24.9 Å². The van der Waals surface area contributed by atoms with E-state index in [-0.39, 0.29) is 25.2 Å². The predicted molar refractivity (Wildman–Crippen MR) is 65.5 cm³/mol. The summed E-state index contributed by atoms with van der Waals surface area (Å²) in [5.41, 5.74) is 0.992. The lowest BCUT2D eigenvalue weighted by Gasteiger charge is -2.18. The molecule has 0 aromatic heterocycles. The van der Waals surface area contributed by atoms with Gasteiger partial charge in [0.25, 0.3) is 0 Å². The summed E-state index contributed by atoms with van der Waals surface area (Å²) in [5, 5.41) is 11.8. The molecule has 0 radical (unpaired) electrons. The molecule has 0 heterocycles. The van der Waals surface area contributed by atoms with Crippen LogP contribution in [0.4, 0.5) is 0 Å². The quantitative estimate of drug-likeness (QED) is 0.750. The number of carbonyl (C=O) groups is 1. The summed E-state index contributed by atoms with van der Waals surface area (Å²) in [7, 11) is 0. The molecule has 4 heteroatoms. The highest BCUT2D eigenvalue weighted by Gasteiger charge is 2.13. The summed E-state index contributed by atoms with van der Waals surface area (Å²) >= 11 is 0. The van der Waals surface area contributed by atoms with Gasteiger partial charge in [-0.25, -0.2) is 0 Å². The van der Waals surface area contributed by atoms with Crippen molar-refractivity contribution in [3.63, 3.8) is 0 Å². The van der Waals surface area contributed by atoms with Gasteiger partial charge >= 0.3 is 0 Å². The molecule has 94 valence electrons. The first-order valence-electron chi connectivity index (χ1n) is 5.80. The van der Waals surface area contributed by atoms with Crippen LogP contribution in [0.2, 0.25) is 0 Å². The second kappa shape index (κ2) is 7.81. The molecule has 0 aliphatic rings. The van der Waals surface area contributed by atoms with Crippen molar-refractivity contribution in [2.24, 2.45) is 0 Å². The number of aliphatic hydroxyl groups excluding tert-OH is 1. The van der Waals surface area contributed by atoms with Gasteiger partial charge in [-0.05, 0) is 18.9 Å². The highest BCUT2D eigenvalue weighted by Crippen LogP contribution is 2.15. The second-order valence-electron chi connectivity index (χ2n) is 3.68. The smallest absolute Gasteiger partial charge is 0.246 e. The molecule has 17 heavy (non-hydrogen) atoms. The zero-order valence-electron chi connectivity index (χ0n) is 10.1. The first-order chi connectivity index (χ1) is 8.27. The molecule has 1 atom stereocenters. The van der Waals surface area contributed by atoms with E-state index in [4.69, 9.17) is 9.84 Å². The maximum Gasteiger partial charge on any atom is 0.246 e.